The van der Waals surface area contributed by atoms with Crippen molar-refractivity contribution in [2.45, 2.75) is 65.7 Å². The van der Waals surface area contributed by atoms with Gasteiger partial charge in [0.05, 0.1) is 38.0 Å². The predicted molar refractivity (Wildman–Crippen MR) is 268 cm³/mol. The summed E-state index contributed by atoms with van der Waals surface area (Å²) in [6.45, 7) is 6.04. The molecule has 380 valence electrons. The van der Waals surface area contributed by atoms with Crippen molar-refractivity contribution in [3.05, 3.63) is 133 Å². The predicted octanol–water partition coefficient (Wildman–Crippen LogP) is 9.82. The Balaban J connectivity index is 0.873. The van der Waals surface area contributed by atoms with Crippen molar-refractivity contribution in [1.29, 1.82) is 0 Å². The van der Waals surface area contributed by atoms with Crippen LogP contribution in [0.4, 0.5) is 0 Å². The first kappa shape index (κ1) is 51.2. The van der Waals surface area contributed by atoms with E-state index >= 15 is 0 Å². The molecule has 0 amide bonds. The molecule has 1 aliphatic heterocycles. The fourth-order valence-corrected chi connectivity index (χ4v) is 12.5. The van der Waals surface area contributed by atoms with Gasteiger partial charge in [0.2, 0.25) is 13.6 Å². The van der Waals surface area contributed by atoms with Crippen molar-refractivity contribution in [2.24, 2.45) is 29.6 Å². The van der Waals surface area contributed by atoms with Gasteiger partial charge in [-0.05, 0) is 99.9 Å². The third kappa shape index (κ3) is 11.4. The molecule has 0 N–H and O–H groups in total. The smallest absolute Gasteiger partial charge is 0.333 e. The number of hydrogen-bond donors (Lipinski definition) is 0. The number of Topliss-reactive ketones (excluding diaryl/α,β-unsaturated/α-hetero) is 2. The van der Waals surface area contributed by atoms with Crippen LogP contribution in [0.2, 0.25) is 0 Å². The summed E-state index contributed by atoms with van der Waals surface area (Å²) >= 11 is 2.44. The first-order valence-electron chi connectivity index (χ1n) is 23.9. The molecule has 9 rings (SSSR count). The standard InChI is InChI=1S/C56H48O16S2/c1-3-43(57)67-29-65-35-21-25-37(26-22-35)69-52(61)31-13-17-33(18-14-31)54(63)71-48-41-11-7-8-12-42(41)49(51-50(48)73-56(74-51)45-46(59)39-9-5-6-10-40(39)47(45)60)72-55(64)34-19-15-32(16-20-34)53(62)70-38-27-23-36(24-28-38)66-30-68-44(58)4-2/h3-12,21-28,31-34,45,56H,1-2,13-20,29-30H2. The van der Waals surface area contributed by atoms with Gasteiger partial charge in [-0.3, -0.25) is 28.8 Å². The summed E-state index contributed by atoms with van der Waals surface area (Å²) in [6.07, 6.45) is 4.90. The molecular formula is C56H48O16S2. The summed E-state index contributed by atoms with van der Waals surface area (Å²) < 4.78 is 43.7. The highest BCUT2D eigenvalue weighted by atomic mass is 32.2. The van der Waals surface area contributed by atoms with E-state index in [1.165, 1.54) is 23.5 Å². The zero-order valence-corrected chi connectivity index (χ0v) is 41.3. The van der Waals surface area contributed by atoms with Crippen LogP contribution in [0.3, 0.4) is 0 Å². The van der Waals surface area contributed by atoms with Crippen molar-refractivity contribution < 1.29 is 76.3 Å². The minimum absolute atomic E-state index is 0.221. The van der Waals surface area contributed by atoms with Crippen molar-refractivity contribution in [3.63, 3.8) is 0 Å². The number of hydrogen-bond acceptors (Lipinski definition) is 18. The van der Waals surface area contributed by atoms with E-state index in [1.54, 1.807) is 97.1 Å². The number of carbonyl (C=O) groups excluding carboxylic acids is 8. The molecule has 0 atom stereocenters. The van der Waals surface area contributed by atoms with Gasteiger partial charge >= 0.3 is 35.8 Å². The molecule has 5 aromatic rings. The van der Waals surface area contributed by atoms with E-state index in [1.807, 2.05) is 0 Å². The van der Waals surface area contributed by atoms with Gasteiger partial charge in [-0.15, -0.1) is 23.5 Å². The number of esters is 6. The molecule has 5 aromatic carbocycles. The van der Waals surface area contributed by atoms with Gasteiger partial charge < -0.3 is 37.9 Å². The zero-order chi connectivity index (χ0) is 51.9. The Kier molecular flexibility index (Phi) is 15.9. The van der Waals surface area contributed by atoms with Crippen LogP contribution >= 0.6 is 23.5 Å². The fraction of sp³-hybridized carbons (Fsp3) is 0.286. The van der Waals surface area contributed by atoms with E-state index in [0.717, 1.165) is 12.2 Å². The quantitative estimate of drug-likeness (QED) is 0.0279. The van der Waals surface area contributed by atoms with Gasteiger partial charge in [0.15, 0.2) is 23.1 Å². The molecule has 0 saturated heterocycles. The summed E-state index contributed by atoms with van der Waals surface area (Å²) in [5, 5.41) is 0.967. The van der Waals surface area contributed by atoms with Crippen LogP contribution in [-0.2, 0) is 38.2 Å². The highest BCUT2D eigenvalue weighted by molar-refractivity contribution is 8.19. The monoisotopic (exact) mass is 1040 g/mol. The highest BCUT2D eigenvalue weighted by Crippen LogP contribution is 2.62. The second-order valence-corrected chi connectivity index (χ2v) is 20.4. The van der Waals surface area contributed by atoms with Gasteiger partial charge in [-0.1, -0.05) is 61.7 Å². The Morgan fingerprint density at radius 1 is 0.459 bits per heavy atom. The number of ketones is 2. The lowest BCUT2D eigenvalue weighted by Crippen LogP contribution is -2.30. The molecule has 18 heteroatoms. The van der Waals surface area contributed by atoms with Crippen LogP contribution in [0, 0.1) is 29.6 Å². The third-order valence-electron chi connectivity index (χ3n) is 13.3. The normalized spacial score (nSPS) is 20.0. The van der Waals surface area contributed by atoms with Gasteiger partial charge in [-0.25, -0.2) is 9.59 Å². The Bertz CT molecular complexity index is 2840. The average Bonchev–Trinajstić information content (AvgIpc) is 3.97. The summed E-state index contributed by atoms with van der Waals surface area (Å²) in [4.78, 5) is 106. The molecular weight excluding hydrogens is 993 g/mol. The largest absolute Gasteiger partial charge is 0.457 e. The first-order valence-corrected chi connectivity index (χ1v) is 25.6. The minimum Gasteiger partial charge on any atom is -0.457 e. The Morgan fingerprint density at radius 3 is 1.14 bits per heavy atom. The summed E-state index contributed by atoms with van der Waals surface area (Å²) in [7, 11) is 0. The topological polar surface area (TPSA) is 210 Å². The Morgan fingerprint density at radius 2 is 0.784 bits per heavy atom. The van der Waals surface area contributed by atoms with Crippen LogP contribution in [0.15, 0.2) is 132 Å². The van der Waals surface area contributed by atoms with Crippen molar-refractivity contribution >= 4 is 81.7 Å². The Labute approximate surface area is 433 Å². The van der Waals surface area contributed by atoms with Crippen LogP contribution in [0.1, 0.15) is 72.1 Å². The Hall–Kier alpha value is -7.70. The fourth-order valence-electron chi connectivity index (χ4n) is 9.29. The molecule has 16 nitrogen and oxygen atoms in total. The number of ether oxygens (including phenoxy) is 8. The second kappa shape index (κ2) is 23.0. The third-order valence-corrected chi connectivity index (χ3v) is 16.2. The molecule has 0 bridgehead atoms. The second-order valence-electron chi connectivity index (χ2n) is 17.8. The maximum Gasteiger partial charge on any atom is 0.333 e. The van der Waals surface area contributed by atoms with Crippen LogP contribution in [0.25, 0.3) is 10.8 Å². The molecule has 2 fully saturated rings. The highest BCUT2D eigenvalue weighted by Gasteiger charge is 2.48. The number of benzene rings is 5. The maximum absolute atomic E-state index is 14.2. The molecule has 0 radical (unpaired) electrons. The molecule has 1 heterocycles. The molecule has 4 aliphatic rings. The van der Waals surface area contributed by atoms with Crippen molar-refractivity contribution in [1.82, 2.24) is 0 Å². The van der Waals surface area contributed by atoms with E-state index < -0.39 is 70.0 Å². The molecule has 2 saturated carbocycles. The first-order chi connectivity index (χ1) is 35.9. The average molecular weight is 1040 g/mol. The van der Waals surface area contributed by atoms with Crippen LogP contribution < -0.4 is 28.4 Å². The molecule has 74 heavy (non-hydrogen) atoms. The number of thioether (sulfide) groups is 2. The molecule has 0 spiro atoms. The zero-order valence-electron chi connectivity index (χ0n) is 39.7. The summed E-state index contributed by atoms with van der Waals surface area (Å²) in [5.74, 6) is -5.08. The van der Waals surface area contributed by atoms with Gasteiger partial charge in [0.1, 0.15) is 28.9 Å². The van der Waals surface area contributed by atoms with E-state index in [9.17, 15) is 38.4 Å². The number of rotatable bonds is 17. The van der Waals surface area contributed by atoms with E-state index in [2.05, 4.69) is 13.2 Å². The molecule has 0 aromatic heterocycles. The van der Waals surface area contributed by atoms with E-state index in [0.29, 0.717) is 106 Å². The van der Waals surface area contributed by atoms with Gasteiger partial charge in [0, 0.05) is 34.1 Å². The lowest BCUT2D eigenvalue weighted by molar-refractivity contribution is -0.145. The molecule has 0 unspecified atom stereocenters. The maximum atomic E-state index is 14.2. The van der Waals surface area contributed by atoms with Gasteiger partial charge in [-0.2, -0.15) is 0 Å². The number of carbonyl (C=O) groups is 8. The minimum atomic E-state index is -1.06. The van der Waals surface area contributed by atoms with E-state index in [-0.39, 0.29) is 36.7 Å². The van der Waals surface area contributed by atoms with Gasteiger partial charge in [0.25, 0.3) is 0 Å². The molecule has 3 aliphatic carbocycles. The summed E-state index contributed by atoms with van der Waals surface area (Å²) in [5.41, 5.74) is 0.673. The van der Waals surface area contributed by atoms with Crippen LogP contribution in [0.5, 0.6) is 34.5 Å². The lowest BCUT2D eigenvalue weighted by Gasteiger charge is -2.27. The van der Waals surface area contributed by atoms with Crippen molar-refractivity contribution in [3.8, 4) is 34.5 Å². The number of fused-ring (bicyclic) bond motifs is 3. The lowest BCUT2D eigenvalue weighted by atomic mass is 9.82. The summed E-state index contributed by atoms with van der Waals surface area (Å²) in [6, 6.07) is 26.3. The van der Waals surface area contributed by atoms with E-state index in [4.69, 9.17) is 37.9 Å². The van der Waals surface area contributed by atoms with Crippen LogP contribution in [-0.4, -0.2) is 65.6 Å². The van der Waals surface area contributed by atoms with Crippen molar-refractivity contribution in [2.75, 3.05) is 13.6 Å². The SMILES string of the molecule is C=CC(=O)OCOc1ccc(OC(=O)C2CCC(C(=O)Oc3c4c(c(OC(=O)C5CCC(C(=O)Oc6ccc(OCOC(=O)C=C)cc6)CC5)c5ccccc35)SC(C3C(=O)c5ccccc5C3=O)S4)CC2)cc1.